The van der Waals surface area contributed by atoms with Crippen molar-refractivity contribution in [2.75, 3.05) is 0 Å². The number of nitrogens with one attached hydrogen (secondary N) is 1. The number of aromatic nitrogens is 2. The Balaban J connectivity index is 2.02. The second-order valence-corrected chi connectivity index (χ2v) is 4.96. The molecule has 5 nitrogen and oxygen atoms in total. The lowest BCUT2D eigenvalue weighted by atomic mass is 10.1. The number of aliphatic hydroxyl groups is 1. The Kier molecular flexibility index (Phi) is 3.60. The Labute approximate surface area is 124 Å². The second kappa shape index (κ2) is 5.57. The minimum Gasteiger partial charge on any atom is -0.387 e. The predicted molar refractivity (Wildman–Crippen MR) is 80.2 cm³/mol. The normalized spacial score (nSPS) is 12.5. The van der Waals surface area contributed by atoms with Crippen LogP contribution in [0.2, 0.25) is 0 Å². The monoisotopic (exact) mass is 300 g/mol. The molecule has 2 N–H and O–H groups in total. The molecule has 0 fully saturated rings. The van der Waals surface area contributed by atoms with Crippen LogP contribution >= 0.6 is 0 Å². The summed E-state index contributed by atoms with van der Waals surface area (Å²) in [5.74, 6) is -0.420. The van der Waals surface area contributed by atoms with E-state index in [-0.39, 0.29) is 6.54 Å². The van der Waals surface area contributed by atoms with Crippen molar-refractivity contribution in [2.45, 2.75) is 12.6 Å². The van der Waals surface area contributed by atoms with E-state index in [1.807, 2.05) is 0 Å². The number of benzene rings is 2. The van der Waals surface area contributed by atoms with Crippen LogP contribution in [0, 0.1) is 5.82 Å². The maximum Gasteiger partial charge on any atom is 0.328 e. The van der Waals surface area contributed by atoms with E-state index in [2.05, 4.69) is 4.98 Å². The molecule has 1 unspecified atom stereocenters. The minimum absolute atomic E-state index is 0.204. The molecule has 1 aromatic heterocycles. The van der Waals surface area contributed by atoms with Crippen molar-refractivity contribution in [3.63, 3.8) is 0 Å². The standard InChI is InChI=1S/C16H13FN2O3/c17-11-7-5-10(6-8-11)14(20)9-19-15(21)12-3-1-2-4-13(12)18-16(19)22/h1-8,14,20H,9H2,(H,18,22). The Morgan fingerprint density at radius 2 is 1.77 bits per heavy atom. The van der Waals surface area contributed by atoms with Crippen LogP contribution in [0.5, 0.6) is 0 Å². The molecule has 1 atom stereocenters. The maximum atomic E-state index is 12.9. The summed E-state index contributed by atoms with van der Waals surface area (Å²) in [6, 6.07) is 11.9. The third kappa shape index (κ3) is 2.56. The van der Waals surface area contributed by atoms with Gasteiger partial charge in [0.1, 0.15) is 5.82 Å². The van der Waals surface area contributed by atoms with Crippen molar-refractivity contribution in [3.05, 3.63) is 80.7 Å². The van der Waals surface area contributed by atoms with Crippen molar-refractivity contribution in [1.82, 2.24) is 9.55 Å². The van der Waals surface area contributed by atoms with Gasteiger partial charge in [0.05, 0.1) is 23.6 Å². The Hall–Kier alpha value is -2.73. The lowest BCUT2D eigenvalue weighted by molar-refractivity contribution is 0.153. The molecule has 22 heavy (non-hydrogen) atoms. The molecule has 0 aliphatic carbocycles. The molecule has 0 saturated heterocycles. The molecular formula is C16H13FN2O3. The van der Waals surface area contributed by atoms with Crippen LogP contribution < -0.4 is 11.2 Å². The van der Waals surface area contributed by atoms with E-state index in [0.717, 1.165) is 4.57 Å². The van der Waals surface area contributed by atoms with E-state index in [9.17, 15) is 19.1 Å². The van der Waals surface area contributed by atoms with E-state index >= 15 is 0 Å². The van der Waals surface area contributed by atoms with E-state index in [1.165, 1.54) is 24.3 Å². The Bertz CT molecular complexity index is 929. The lowest BCUT2D eigenvalue weighted by Crippen LogP contribution is -2.36. The van der Waals surface area contributed by atoms with Gasteiger partial charge in [-0.3, -0.25) is 9.36 Å². The average molecular weight is 300 g/mol. The topological polar surface area (TPSA) is 75.1 Å². The van der Waals surface area contributed by atoms with Crippen LogP contribution in [0.3, 0.4) is 0 Å². The smallest absolute Gasteiger partial charge is 0.328 e. The van der Waals surface area contributed by atoms with E-state index in [0.29, 0.717) is 16.5 Å². The first kappa shape index (κ1) is 14.2. The van der Waals surface area contributed by atoms with Crippen molar-refractivity contribution < 1.29 is 9.50 Å². The average Bonchev–Trinajstić information content (AvgIpc) is 2.52. The third-order valence-corrected chi connectivity index (χ3v) is 3.50. The Morgan fingerprint density at radius 3 is 2.50 bits per heavy atom. The van der Waals surface area contributed by atoms with Gasteiger partial charge in [-0.15, -0.1) is 0 Å². The SMILES string of the molecule is O=c1[nH]c2ccccc2c(=O)n1CC(O)c1ccc(F)cc1. The quantitative estimate of drug-likeness (QED) is 0.771. The first-order valence-corrected chi connectivity index (χ1v) is 6.71. The number of hydrogen-bond acceptors (Lipinski definition) is 3. The summed E-state index contributed by atoms with van der Waals surface area (Å²) in [5, 5.41) is 10.5. The number of H-pyrrole nitrogens is 1. The number of halogens is 1. The molecule has 1 heterocycles. The Morgan fingerprint density at radius 1 is 1.09 bits per heavy atom. The summed E-state index contributed by atoms with van der Waals surface area (Å²) in [7, 11) is 0. The van der Waals surface area contributed by atoms with Gasteiger partial charge in [-0.05, 0) is 29.8 Å². The number of aromatic amines is 1. The number of nitrogens with zero attached hydrogens (tertiary/aromatic N) is 1. The van der Waals surface area contributed by atoms with E-state index in [4.69, 9.17) is 0 Å². The molecule has 0 saturated carbocycles. The minimum atomic E-state index is -1.08. The molecule has 0 bridgehead atoms. The fourth-order valence-corrected chi connectivity index (χ4v) is 2.33. The van der Waals surface area contributed by atoms with Crippen molar-refractivity contribution >= 4 is 10.9 Å². The molecule has 112 valence electrons. The molecule has 0 aliphatic heterocycles. The van der Waals surface area contributed by atoms with Crippen molar-refractivity contribution in [1.29, 1.82) is 0 Å². The van der Waals surface area contributed by atoms with Gasteiger partial charge in [0.15, 0.2) is 0 Å². The fraction of sp³-hybridized carbons (Fsp3) is 0.125. The zero-order valence-corrected chi connectivity index (χ0v) is 11.5. The number of hydrogen-bond donors (Lipinski definition) is 2. The zero-order chi connectivity index (χ0) is 15.7. The molecule has 0 amide bonds. The molecule has 3 aromatic rings. The summed E-state index contributed by atoms with van der Waals surface area (Å²) in [5.41, 5.74) is -0.184. The third-order valence-electron chi connectivity index (χ3n) is 3.50. The summed E-state index contributed by atoms with van der Waals surface area (Å²) in [6.45, 7) is -0.204. The van der Waals surface area contributed by atoms with Gasteiger partial charge in [-0.25, -0.2) is 9.18 Å². The molecule has 0 radical (unpaired) electrons. The van der Waals surface area contributed by atoms with Crippen LogP contribution in [0.15, 0.2) is 58.1 Å². The molecular weight excluding hydrogens is 287 g/mol. The highest BCUT2D eigenvalue weighted by Gasteiger charge is 2.13. The van der Waals surface area contributed by atoms with Crippen LogP contribution in [-0.4, -0.2) is 14.7 Å². The van der Waals surface area contributed by atoms with Crippen LogP contribution in [0.4, 0.5) is 4.39 Å². The summed E-state index contributed by atoms with van der Waals surface area (Å²) < 4.78 is 13.8. The van der Waals surface area contributed by atoms with E-state index < -0.39 is 23.2 Å². The number of fused-ring (bicyclic) bond motifs is 1. The molecule has 2 aromatic carbocycles. The van der Waals surface area contributed by atoms with E-state index in [1.54, 1.807) is 24.3 Å². The molecule has 0 aliphatic rings. The van der Waals surface area contributed by atoms with Gasteiger partial charge >= 0.3 is 5.69 Å². The second-order valence-electron chi connectivity index (χ2n) is 4.96. The highest BCUT2D eigenvalue weighted by atomic mass is 19.1. The fourth-order valence-electron chi connectivity index (χ4n) is 2.33. The van der Waals surface area contributed by atoms with Crippen molar-refractivity contribution in [2.24, 2.45) is 0 Å². The van der Waals surface area contributed by atoms with Gasteiger partial charge in [-0.1, -0.05) is 24.3 Å². The highest BCUT2D eigenvalue weighted by Crippen LogP contribution is 2.14. The first-order valence-electron chi connectivity index (χ1n) is 6.71. The van der Waals surface area contributed by atoms with Crippen LogP contribution in [0.25, 0.3) is 10.9 Å². The predicted octanol–water partition coefficient (Wildman–Crippen LogP) is 1.56. The van der Waals surface area contributed by atoms with Crippen LogP contribution in [0.1, 0.15) is 11.7 Å². The van der Waals surface area contributed by atoms with Gasteiger partial charge < -0.3 is 10.1 Å². The first-order chi connectivity index (χ1) is 10.6. The summed E-state index contributed by atoms with van der Waals surface area (Å²) >= 11 is 0. The van der Waals surface area contributed by atoms with Gasteiger partial charge in [-0.2, -0.15) is 0 Å². The lowest BCUT2D eigenvalue weighted by Gasteiger charge is -2.12. The van der Waals surface area contributed by atoms with Crippen molar-refractivity contribution in [3.8, 4) is 0 Å². The maximum absolute atomic E-state index is 12.9. The summed E-state index contributed by atoms with van der Waals surface area (Å²) in [4.78, 5) is 27.0. The largest absolute Gasteiger partial charge is 0.387 e. The molecule has 6 heteroatoms. The van der Waals surface area contributed by atoms with Gasteiger partial charge in [0.2, 0.25) is 0 Å². The number of rotatable bonds is 3. The zero-order valence-electron chi connectivity index (χ0n) is 11.5. The number of para-hydroxylation sites is 1. The number of aliphatic hydroxyl groups excluding tert-OH is 1. The highest BCUT2D eigenvalue weighted by molar-refractivity contribution is 5.76. The van der Waals surface area contributed by atoms with Crippen LogP contribution in [-0.2, 0) is 6.54 Å². The molecule has 0 spiro atoms. The summed E-state index contributed by atoms with van der Waals surface area (Å²) in [6.07, 6.45) is -1.08. The van der Waals surface area contributed by atoms with Gasteiger partial charge in [0.25, 0.3) is 5.56 Å². The van der Waals surface area contributed by atoms with Gasteiger partial charge in [0, 0.05) is 0 Å². The molecule has 3 rings (SSSR count).